The molecule has 2 aromatic carbocycles. The molecule has 0 bridgehead atoms. The molecule has 0 saturated carbocycles. The average molecular weight is 500 g/mol. The van der Waals surface area contributed by atoms with Gasteiger partial charge >= 0.3 is 0 Å². The Balaban J connectivity index is 2.03. The van der Waals surface area contributed by atoms with Crippen molar-refractivity contribution in [1.29, 1.82) is 0 Å². The number of ketones is 1. The third kappa shape index (κ3) is 5.30. The molecule has 1 atom stereocenters. The SMILES string of the molecule is CC(C)OCCCN1C(=O)C(=O)C(=C(O)c2ccc(Br)cc2)[C@@H]1c1ccc(C(C)C)cc1. The topological polar surface area (TPSA) is 66.8 Å². The predicted molar refractivity (Wildman–Crippen MR) is 129 cm³/mol. The minimum atomic E-state index is -0.659. The van der Waals surface area contributed by atoms with Crippen LogP contribution in [0, 0.1) is 0 Å². The number of likely N-dealkylation sites (tertiary alicyclic amines) is 1. The van der Waals surface area contributed by atoms with Crippen LogP contribution in [0.5, 0.6) is 0 Å². The number of Topliss-reactive ketones (excluding diaryl/α,β-unsaturated/α-hetero) is 1. The highest BCUT2D eigenvalue weighted by Crippen LogP contribution is 2.39. The van der Waals surface area contributed by atoms with Crippen molar-refractivity contribution in [1.82, 2.24) is 4.90 Å². The predicted octanol–water partition coefficient (Wildman–Crippen LogP) is 5.81. The van der Waals surface area contributed by atoms with Crippen LogP contribution in [0.1, 0.15) is 62.8 Å². The van der Waals surface area contributed by atoms with Gasteiger partial charge in [0, 0.05) is 23.2 Å². The fourth-order valence-corrected chi connectivity index (χ4v) is 4.10. The van der Waals surface area contributed by atoms with Gasteiger partial charge in [0.2, 0.25) is 0 Å². The number of carbonyl (C=O) groups excluding carboxylic acids is 2. The normalized spacial score (nSPS) is 18.2. The third-order valence-corrected chi connectivity index (χ3v) is 6.10. The standard InChI is InChI=1S/C26H30BrNO4/c1-16(2)18-6-8-19(9-7-18)23-22(24(29)20-10-12-21(27)13-11-20)25(30)26(31)28(23)14-5-15-32-17(3)4/h6-13,16-17,23,29H,5,14-15H2,1-4H3/t23-/m0/s1. The van der Waals surface area contributed by atoms with E-state index in [-0.39, 0.29) is 17.4 Å². The Morgan fingerprint density at radius 2 is 1.66 bits per heavy atom. The van der Waals surface area contributed by atoms with Crippen LogP contribution in [0.2, 0.25) is 0 Å². The highest BCUT2D eigenvalue weighted by atomic mass is 79.9. The van der Waals surface area contributed by atoms with Crippen molar-refractivity contribution in [3.05, 3.63) is 75.3 Å². The van der Waals surface area contributed by atoms with E-state index in [1.54, 1.807) is 29.2 Å². The zero-order chi connectivity index (χ0) is 23.4. The molecule has 0 radical (unpaired) electrons. The first-order chi connectivity index (χ1) is 15.2. The summed E-state index contributed by atoms with van der Waals surface area (Å²) in [4.78, 5) is 27.6. The molecule has 0 aliphatic carbocycles. The maximum atomic E-state index is 13.0. The Hall–Kier alpha value is -2.44. The molecule has 32 heavy (non-hydrogen) atoms. The van der Waals surface area contributed by atoms with Gasteiger partial charge in [-0.2, -0.15) is 0 Å². The Labute approximate surface area is 198 Å². The molecule has 0 unspecified atom stereocenters. The fraction of sp³-hybridized carbons (Fsp3) is 0.385. The number of aliphatic hydroxyl groups excluding tert-OH is 1. The number of aliphatic hydroxyl groups is 1. The summed E-state index contributed by atoms with van der Waals surface area (Å²) >= 11 is 3.38. The van der Waals surface area contributed by atoms with Crippen molar-refractivity contribution in [3.8, 4) is 0 Å². The minimum absolute atomic E-state index is 0.0993. The summed E-state index contributed by atoms with van der Waals surface area (Å²) in [6.07, 6.45) is 0.701. The number of carbonyl (C=O) groups is 2. The molecule has 1 saturated heterocycles. The smallest absolute Gasteiger partial charge is 0.295 e. The molecule has 5 nitrogen and oxygen atoms in total. The van der Waals surface area contributed by atoms with Crippen molar-refractivity contribution in [3.63, 3.8) is 0 Å². The molecule has 6 heteroatoms. The Bertz CT molecular complexity index is 993. The first kappa shape index (κ1) is 24.2. The van der Waals surface area contributed by atoms with E-state index in [1.165, 1.54) is 5.56 Å². The van der Waals surface area contributed by atoms with Crippen LogP contribution < -0.4 is 0 Å². The van der Waals surface area contributed by atoms with E-state index in [0.29, 0.717) is 31.1 Å². The van der Waals surface area contributed by atoms with Gasteiger partial charge in [-0.1, -0.05) is 66.2 Å². The van der Waals surface area contributed by atoms with E-state index < -0.39 is 17.7 Å². The van der Waals surface area contributed by atoms with E-state index in [4.69, 9.17) is 4.74 Å². The third-order valence-electron chi connectivity index (χ3n) is 5.57. The molecule has 170 valence electrons. The van der Waals surface area contributed by atoms with Crippen LogP contribution in [0.4, 0.5) is 0 Å². The number of amides is 1. The lowest BCUT2D eigenvalue weighted by molar-refractivity contribution is -0.140. The molecule has 1 N–H and O–H groups in total. The fourth-order valence-electron chi connectivity index (χ4n) is 3.84. The highest BCUT2D eigenvalue weighted by molar-refractivity contribution is 9.10. The molecule has 1 fully saturated rings. The second-order valence-electron chi connectivity index (χ2n) is 8.59. The molecule has 1 amide bonds. The van der Waals surface area contributed by atoms with Crippen LogP contribution in [0.25, 0.3) is 5.76 Å². The monoisotopic (exact) mass is 499 g/mol. The van der Waals surface area contributed by atoms with Gasteiger partial charge in [0.15, 0.2) is 0 Å². The van der Waals surface area contributed by atoms with E-state index >= 15 is 0 Å². The van der Waals surface area contributed by atoms with E-state index in [2.05, 4.69) is 29.8 Å². The second-order valence-corrected chi connectivity index (χ2v) is 9.51. The molecular weight excluding hydrogens is 470 g/mol. The molecular formula is C26H30BrNO4. The first-order valence-electron chi connectivity index (χ1n) is 11.0. The lowest BCUT2D eigenvalue weighted by Gasteiger charge is -2.26. The largest absolute Gasteiger partial charge is 0.507 e. The molecule has 2 aromatic rings. The van der Waals surface area contributed by atoms with Gasteiger partial charge in [-0.3, -0.25) is 9.59 Å². The number of hydrogen-bond acceptors (Lipinski definition) is 4. The second kappa shape index (κ2) is 10.5. The Morgan fingerprint density at radius 1 is 1.03 bits per heavy atom. The summed E-state index contributed by atoms with van der Waals surface area (Å²) in [5.41, 5.74) is 2.60. The average Bonchev–Trinajstić information content (AvgIpc) is 3.01. The zero-order valence-corrected chi connectivity index (χ0v) is 20.6. The van der Waals surface area contributed by atoms with Gasteiger partial charge in [0.1, 0.15) is 5.76 Å². The Kier molecular flexibility index (Phi) is 7.91. The number of hydrogen-bond donors (Lipinski definition) is 1. The molecule has 3 rings (SSSR count). The van der Waals surface area contributed by atoms with Gasteiger partial charge < -0.3 is 14.7 Å². The summed E-state index contributed by atoms with van der Waals surface area (Å²) in [7, 11) is 0. The zero-order valence-electron chi connectivity index (χ0n) is 19.0. The van der Waals surface area contributed by atoms with E-state index in [0.717, 1.165) is 10.0 Å². The van der Waals surface area contributed by atoms with E-state index in [9.17, 15) is 14.7 Å². The van der Waals surface area contributed by atoms with Gasteiger partial charge in [-0.15, -0.1) is 0 Å². The van der Waals surface area contributed by atoms with Crippen LogP contribution in [0.3, 0.4) is 0 Å². The van der Waals surface area contributed by atoms with Gasteiger partial charge in [0.25, 0.3) is 11.7 Å². The number of halogens is 1. The summed E-state index contributed by atoms with van der Waals surface area (Å²) < 4.78 is 6.47. The van der Waals surface area contributed by atoms with Gasteiger partial charge in [0.05, 0.1) is 17.7 Å². The number of ether oxygens (including phenoxy) is 1. The summed E-state index contributed by atoms with van der Waals surface area (Å²) in [5, 5.41) is 11.1. The molecule has 1 aliphatic heterocycles. The van der Waals surface area contributed by atoms with Gasteiger partial charge in [-0.25, -0.2) is 0 Å². The molecule has 1 aliphatic rings. The highest BCUT2D eigenvalue weighted by Gasteiger charge is 2.45. The summed E-state index contributed by atoms with van der Waals surface area (Å²) in [6, 6.07) is 14.3. The van der Waals surface area contributed by atoms with E-state index in [1.807, 2.05) is 38.1 Å². The van der Waals surface area contributed by atoms with Crippen molar-refractivity contribution >= 4 is 33.4 Å². The summed E-state index contributed by atoms with van der Waals surface area (Å²) in [5.74, 6) is -1.04. The maximum Gasteiger partial charge on any atom is 0.295 e. The van der Waals surface area contributed by atoms with Crippen molar-refractivity contribution < 1.29 is 19.4 Å². The van der Waals surface area contributed by atoms with Crippen LogP contribution in [0.15, 0.2) is 58.6 Å². The first-order valence-corrected chi connectivity index (χ1v) is 11.8. The van der Waals surface area contributed by atoms with Crippen LogP contribution in [-0.4, -0.2) is 41.0 Å². The van der Waals surface area contributed by atoms with Crippen LogP contribution in [-0.2, 0) is 14.3 Å². The van der Waals surface area contributed by atoms with Crippen LogP contribution >= 0.6 is 15.9 Å². The lowest BCUT2D eigenvalue weighted by Crippen LogP contribution is -2.31. The molecule has 1 heterocycles. The summed E-state index contributed by atoms with van der Waals surface area (Å²) in [6.45, 7) is 9.01. The maximum absolute atomic E-state index is 13.0. The molecule has 0 spiro atoms. The number of nitrogens with zero attached hydrogens (tertiary/aromatic N) is 1. The number of benzene rings is 2. The van der Waals surface area contributed by atoms with Crippen molar-refractivity contribution in [2.45, 2.75) is 52.2 Å². The number of rotatable bonds is 8. The minimum Gasteiger partial charge on any atom is -0.507 e. The lowest BCUT2D eigenvalue weighted by atomic mass is 9.93. The Morgan fingerprint density at radius 3 is 2.22 bits per heavy atom. The van der Waals surface area contributed by atoms with Crippen molar-refractivity contribution in [2.75, 3.05) is 13.2 Å². The van der Waals surface area contributed by atoms with Gasteiger partial charge in [-0.05, 0) is 49.4 Å². The molecule has 0 aromatic heterocycles. The van der Waals surface area contributed by atoms with Crippen molar-refractivity contribution in [2.24, 2.45) is 0 Å². The quantitative estimate of drug-likeness (QED) is 0.215.